The van der Waals surface area contributed by atoms with Crippen molar-refractivity contribution in [1.29, 1.82) is 0 Å². The molecule has 3 aromatic rings. The Morgan fingerprint density at radius 1 is 1.22 bits per heavy atom. The van der Waals surface area contributed by atoms with Crippen molar-refractivity contribution in [2.24, 2.45) is 7.05 Å². The van der Waals surface area contributed by atoms with Crippen molar-refractivity contribution in [3.8, 4) is 0 Å². The summed E-state index contributed by atoms with van der Waals surface area (Å²) in [5.74, 6) is 0.117. The van der Waals surface area contributed by atoms with Gasteiger partial charge < -0.3 is 10.1 Å². The average Bonchev–Trinajstić information content (AvgIpc) is 2.94. The Morgan fingerprint density at radius 3 is 2.52 bits per heavy atom. The van der Waals surface area contributed by atoms with Gasteiger partial charge in [0.05, 0.1) is 23.3 Å². The highest BCUT2D eigenvalue weighted by Crippen LogP contribution is 2.25. The average molecular weight is 366 g/mol. The van der Waals surface area contributed by atoms with Gasteiger partial charge in [0.25, 0.3) is 5.91 Å². The first-order valence-electron chi connectivity index (χ1n) is 9.10. The number of aryl methyl sites for hydroxylation is 2. The second-order valence-electron chi connectivity index (χ2n) is 7.09. The smallest absolute Gasteiger partial charge is 0.252 e. The number of carbonyl (C=O) groups excluding carboxylic acids is 1. The van der Waals surface area contributed by atoms with Crippen molar-refractivity contribution in [2.45, 2.75) is 39.8 Å². The zero-order valence-electron chi connectivity index (χ0n) is 16.5. The van der Waals surface area contributed by atoms with Crippen LogP contribution in [0.25, 0.3) is 11.0 Å². The van der Waals surface area contributed by atoms with Crippen LogP contribution in [0.4, 0.5) is 0 Å². The molecule has 1 amide bonds. The Morgan fingerprint density at radius 2 is 1.89 bits per heavy atom. The second kappa shape index (κ2) is 7.88. The first-order valence-corrected chi connectivity index (χ1v) is 9.10. The van der Waals surface area contributed by atoms with Crippen molar-refractivity contribution >= 4 is 16.9 Å². The maximum atomic E-state index is 12.9. The number of methoxy groups -OCH3 is 1. The molecule has 1 N–H and O–H groups in total. The first-order chi connectivity index (χ1) is 12.9. The molecule has 0 radical (unpaired) electrons. The third-order valence-electron chi connectivity index (χ3n) is 4.61. The minimum absolute atomic E-state index is 0.110. The molecular formula is C21H26N4O2. The maximum Gasteiger partial charge on any atom is 0.252 e. The molecule has 0 atom stereocenters. The van der Waals surface area contributed by atoms with Crippen molar-refractivity contribution < 1.29 is 9.53 Å². The molecule has 142 valence electrons. The maximum absolute atomic E-state index is 12.9. The third kappa shape index (κ3) is 4.01. The molecule has 2 heterocycles. The van der Waals surface area contributed by atoms with E-state index in [1.54, 1.807) is 11.8 Å². The molecule has 0 aliphatic rings. The number of nitrogens with one attached hydrogen (secondary N) is 1. The number of fused-ring (bicyclic) bond motifs is 1. The molecule has 6 heteroatoms. The van der Waals surface area contributed by atoms with Crippen LogP contribution in [0.2, 0.25) is 0 Å². The quantitative estimate of drug-likeness (QED) is 0.725. The summed E-state index contributed by atoms with van der Waals surface area (Å²) in [7, 11) is 3.53. The molecule has 2 aromatic heterocycles. The van der Waals surface area contributed by atoms with E-state index < -0.39 is 0 Å². The zero-order valence-corrected chi connectivity index (χ0v) is 16.5. The summed E-state index contributed by atoms with van der Waals surface area (Å²) < 4.78 is 6.86. The SMILES string of the molecule is COCc1ccc(CNC(=O)c2cc(C(C)C)nc3c2c(C)nn3C)cc1. The summed E-state index contributed by atoms with van der Waals surface area (Å²) in [6, 6.07) is 9.92. The Bertz CT molecular complexity index is 958. The summed E-state index contributed by atoms with van der Waals surface area (Å²) in [6.07, 6.45) is 0. The van der Waals surface area contributed by atoms with Crippen LogP contribution in [0.1, 0.15) is 52.6 Å². The van der Waals surface area contributed by atoms with Gasteiger partial charge in [0.1, 0.15) is 0 Å². The van der Waals surface area contributed by atoms with Crippen molar-refractivity contribution in [3.05, 3.63) is 58.4 Å². The molecule has 0 saturated heterocycles. The fourth-order valence-electron chi connectivity index (χ4n) is 3.14. The number of pyridine rings is 1. The molecular weight excluding hydrogens is 340 g/mol. The molecule has 0 fully saturated rings. The molecule has 0 aliphatic carbocycles. The number of ether oxygens (including phenoxy) is 1. The van der Waals surface area contributed by atoms with Crippen LogP contribution in [0.15, 0.2) is 30.3 Å². The first kappa shape index (κ1) is 19.0. The van der Waals surface area contributed by atoms with Crippen LogP contribution in [0, 0.1) is 6.92 Å². The van der Waals surface area contributed by atoms with E-state index in [9.17, 15) is 4.79 Å². The Labute approximate surface area is 159 Å². The Balaban J connectivity index is 1.86. The summed E-state index contributed by atoms with van der Waals surface area (Å²) >= 11 is 0. The van der Waals surface area contributed by atoms with E-state index >= 15 is 0 Å². The van der Waals surface area contributed by atoms with E-state index in [-0.39, 0.29) is 11.8 Å². The van der Waals surface area contributed by atoms with Gasteiger partial charge >= 0.3 is 0 Å². The van der Waals surface area contributed by atoms with E-state index in [4.69, 9.17) is 9.72 Å². The van der Waals surface area contributed by atoms with E-state index in [1.165, 1.54) is 0 Å². The largest absolute Gasteiger partial charge is 0.380 e. The number of carbonyl (C=O) groups is 1. The van der Waals surface area contributed by atoms with Crippen LogP contribution >= 0.6 is 0 Å². The lowest BCUT2D eigenvalue weighted by Gasteiger charge is -2.11. The zero-order chi connectivity index (χ0) is 19.6. The Hall–Kier alpha value is -2.73. The number of aromatic nitrogens is 3. The third-order valence-corrected chi connectivity index (χ3v) is 4.61. The molecule has 0 spiro atoms. The lowest BCUT2D eigenvalue weighted by atomic mass is 10.0. The molecule has 27 heavy (non-hydrogen) atoms. The predicted molar refractivity (Wildman–Crippen MR) is 106 cm³/mol. The lowest BCUT2D eigenvalue weighted by molar-refractivity contribution is 0.0952. The molecule has 3 rings (SSSR count). The Kier molecular flexibility index (Phi) is 5.56. The summed E-state index contributed by atoms with van der Waals surface area (Å²) in [6.45, 7) is 7.10. The minimum atomic E-state index is -0.110. The van der Waals surface area contributed by atoms with E-state index in [0.717, 1.165) is 33.5 Å². The fourth-order valence-corrected chi connectivity index (χ4v) is 3.14. The molecule has 0 bridgehead atoms. The standard InChI is InChI=1S/C21H26N4O2/c1-13(2)18-10-17(19-14(3)24-25(4)20(19)23-18)21(26)22-11-15-6-8-16(9-7-15)12-27-5/h6-10,13H,11-12H2,1-5H3,(H,22,26). The van der Waals surface area contributed by atoms with Gasteiger partial charge in [-0.1, -0.05) is 38.1 Å². The lowest BCUT2D eigenvalue weighted by Crippen LogP contribution is -2.23. The van der Waals surface area contributed by atoms with Gasteiger partial charge in [-0.2, -0.15) is 5.10 Å². The van der Waals surface area contributed by atoms with Crippen LogP contribution in [0.5, 0.6) is 0 Å². The van der Waals surface area contributed by atoms with Gasteiger partial charge in [-0.15, -0.1) is 0 Å². The van der Waals surface area contributed by atoms with Crippen LogP contribution in [-0.2, 0) is 24.9 Å². The molecule has 1 aromatic carbocycles. The number of hydrogen-bond donors (Lipinski definition) is 1. The van der Waals surface area contributed by atoms with Crippen molar-refractivity contribution in [1.82, 2.24) is 20.1 Å². The topological polar surface area (TPSA) is 69.0 Å². The summed E-state index contributed by atoms with van der Waals surface area (Å²) in [4.78, 5) is 17.6. The molecule has 0 unspecified atom stereocenters. The van der Waals surface area contributed by atoms with Gasteiger partial charge in [-0.25, -0.2) is 4.98 Å². The van der Waals surface area contributed by atoms with Crippen LogP contribution in [-0.4, -0.2) is 27.8 Å². The number of hydrogen-bond acceptors (Lipinski definition) is 4. The fraction of sp³-hybridized carbons (Fsp3) is 0.381. The van der Waals surface area contributed by atoms with Gasteiger partial charge in [-0.3, -0.25) is 9.48 Å². The number of amides is 1. The van der Waals surface area contributed by atoms with Gasteiger partial charge in [0.2, 0.25) is 0 Å². The van der Waals surface area contributed by atoms with E-state index in [2.05, 4.69) is 24.3 Å². The number of benzene rings is 1. The summed E-state index contributed by atoms with van der Waals surface area (Å²) in [5, 5.41) is 8.28. The van der Waals surface area contributed by atoms with Crippen molar-refractivity contribution in [2.75, 3.05) is 7.11 Å². The molecule has 0 aliphatic heterocycles. The normalized spacial score (nSPS) is 11.3. The van der Waals surface area contributed by atoms with Gasteiger partial charge in [0.15, 0.2) is 5.65 Å². The monoisotopic (exact) mass is 366 g/mol. The molecule has 6 nitrogen and oxygen atoms in total. The van der Waals surface area contributed by atoms with E-state index in [0.29, 0.717) is 18.7 Å². The van der Waals surface area contributed by atoms with Crippen LogP contribution in [0.3, 0.4) is 0 Å². The number of rotatable bonds is 6. The number of nitrogens with zero attached hydrogens (tertiary/aromatic N) is 3. The van der Waals surface area contributed by atoms with Crippen LogP contribution < -0.4 is 5.32 Å². The highest BCUT2D eigenvalue weighted by Gasteiger charge is 2.19. The summed E-state index contributed by atoms with van der Waals surface area (Å²) in [5.41, 5.74) is 5.22. The second-order valence-corrected chi connectivity index (χ2v) is 7.09. The van der Waals surface area contributed by atoms with E-state index in [1.807, 2.05) is 44.3 Å². The minimum Gasteiger partial charge on any atom is -0.380 e. The van der Waals surface area contributed by atoms with Gasteiger partial charge in [-0.05, 0) is 30.0 Å². The highest BCUT2D eigenvalue weighted by atomic mass is 16.5. The van der Waals surface area contributed by atoms with Crippen molar-refractivity contribution in [3.63, 3.8) is 0 Å². The van der Waals surface area contributed by atoms with Gasteiger partial charge in [0, 0.05) is 26.4 Å². The molecule has 0 saturated carbocycles. The highest BCUT2D eigenvalue weighted by molar-refractivity contribution is 6.06. The predicted octanol–water partition coefficient (Wildman–Crippen LogP) is 3.48.